The molecule has 5 rings (SSSR count). The van der Waals surface area contributed by atoms with Gasteiger partial charge in [-0.15, -0.1) is 10.2 Å². The van der Waals surface area contributed by atoms with Gasteiger partial charge in [-0.25, -0.2) is 4.68 Å². The molecule has 0 saturated heterocycles. The minimum Gasteiger partial charge on any atom is -0.338 e. The standard InChI is InChI=1S/C19H19Cl2N7O/c20-11-6-7-15(13(21)10-11)28-14-5-3-1-2-4-12(14)16(25-28)17(29)22-19(8-9-19)18-23-26-27-24-18/h6-7,10H,1-5,8-9H2,(H,22,29)(H,23,24,26,27). The number of rotatable bonds is 4. The Morgan fingerprint density at radius 2 is 2.00 bits per heavy atom. The molecule has 0 atom stereocenters. The lowest BCUT2D eigenvalue weighted by Crippen LogP contribution is -2.36. The third-order valence-electron chi connectivity index (χ3n) is 5.66. The number of hydrogen-bond acceptors (Lipinski definition) is 5. The largest absolute Gasteiger partial charge is 0.338 e. The molecule has 1 amide bonds. The van der Waals surface area contributed by atoms with Crippen molar-refractivity contribution in [1.29, 1.82) is 0 Å². The van der Waals surface area contributed by atoms with Crippen molar-refractivity contribution < 1.29 is 4.79 Å². The van der Waals surface area contributed by atoms with Gasteiger partial charge in [-0.1, -0.05) is 34.8 Å². The van der Waals surface area contributed by atoms with Crippen molar-refractivity contribution in [3.63, 3.8) is 0 Å². The summed E-state index contributed by atoms with van der Waals surface area (Å²) in [5, 5.41) is 23.0. The molecule has 150 valence electrons. The number of aromatic nitrogens is 6. The Morgan fingerprint density at radius 1 is 1.17 bits per heavy atom. The fourth-order valence-corrected chi connectivity index (χ4v) is 4.47. The predicted molar refractivity (Wildman–Crippen MR) is 107 cm³/mol. The van der Waals surface area contributed by atoms with Gasteiger partial charge in [-0.2, -0.15) is 10.3 Å². The van der Waals surface area contributed by atoms with E-state index in [9.17, 15) is 4.79 Å². The molecule has 2 aromatic heterocycles. The minimum atomic E-state index is -0.552. The van der Waals surface area contributed by atoms with Crippen LogP contribution in [0.15, 0.2) is 18.2 Å². The van der Waals surface area contributed by atoms with E-state index in [1.54, 1.807) is 12.1 Å². The smallest absolute Gasteiger partial charge is 0.272 e. The van der Waals surface area contributed by atoms with Crippen LogP contribution in [0.1, 0.15) is 59.7 Å². The van der Waals surface area contributed by atoms with Crippen LogP contribution in [0.3, 0.4) is 0 Å². The molecule has 2 aliphatic carbocycles. The summed E-state index contributed by atoms with van der Waals surface area (Å²) in [6, 6.07) is 5.31. The van der Waals surface area contributed by atoms with E-state index in [0.29, 0.717) is 21.6 Å². The van der Waals surface area contributed by atoms with Crippen LogP contribution in [0.4, 0.5) is 0 Å². The number of halogens is 2. The molecule has 0 radical (unpaired) electrons. The number of carbonyl (C=O) groups excluding carboxylic acids is 1. The van der Waals surface area contributed by atoms with Gasteiger partial charge in [-0.3, -0.25) is 4.79 Å². The first-order valence-corrected chi connectivity index (χ1v) is 10.5. The van der Waals surface area contributed by atoms with Crippen LogP contribution in [0.2, 0.25) is 10.0 Å². The second-order valence-electron chi connectivity index (χ2n) is 7.61. The Labute approximate surface area is 177 Å². The van der Waals surface area contributed by atoms with E-state index in [4.69, 9.17) is 28.3 Å². The number of nitrogens with one attached hydrogen (secondary N) is 2. The van der Waals surface area contributed by atoms with Crippen LogP contribution in [0.5, 0.6) is 0 Å². The monoisotopic (exact) mass is 431 g/mol. The second-order valence-corrected chi connectivity index (χ2v) is 8.46. The summed E-state index contributed by atoms with van der Waals surface area (Å²) in [4.78, 5) is 13.2. The molecule has 3 aromatic rings. The molecule has 1 saturated carbocycles. The van der Waals surface area contributed by atoms with Gasteiger partial charge in [0.1, 0.15) is 5.54 Å². The van der Waals surface area contributed by atoms with Crippen LogP contribution >= 0.6 is 23.2 Å². The number of carbonyl (C=O) groups is 1. The van der Waals surface area contributed by atoms with Gasteiger partial charge in [0.15, 0.2) is 11.5 Å². The van der Waals surface area contributed by atoms with Crippen molar-refractivity contribution in [2.45, 2.75) is 50.5 Å². The quantitative estimate of drug-likeness (QED) is 0.616. The van der Waals surface area contributed by atoms with E-state index in [2.05, 4.69) is 25.9 Å². The third kappa shape index (κ3) is 3.30. The lowest BCUT2D eigenvalue weighted by atomic mass is 10.1. The zero-order chi connectivity index (χ0) is 20.0. The van der Waals surface area contributed by atoms with Gasteiger partial charge in [0.25, 0.3) is 5.91 Å². The molecule has 0 unspecified atom stereocenters. The number of amides is 1. The number of nitrogens with zero attached hydrogens (tertiary/aromatic N) is 5. The second kappa shape index (κ2) is 7.11. The lowest BCUT2D eigenvalue weighted by Gasteiger charge is -2.12. The van der Waals surface area contributed by atoms with Crippen molar-refractivity contribution >= 4 is 29.1 Å². The number of fused-ring (bicyclic) bond motifs is 1. The van der Waals surface area contributed by atoms with E-state index in [0.717, 1.165) is 61.9 Å². The normalized spacial score (nSPS) is 17.4. The molecule has 2 heterocycles. The number of aromatic amines is 1. The first kappa shape index (κ1) is 18.6. The first-order valence-electron chi connectivity index (χ1n) is 9.70. The fourth-order valence-electron chi connectivity index (χ4n) is 3.98. The zero-order valence-electron chi connectivity index (χ0n) is 15.6. The Morgan fingerprint density at radius 3 is 2.72 bits per heavy atom. The molecule has 2 aliphatic rings. The molecule has 8 nitrogen and oxygen atoms in total. The molecular formula is C19H19Cl2N7O. The minimum absolute atomic E-state index is 0.214. The summed E-state index contributed by atoms with van der Waals surface area (Å²) < 4.78 is 1.81. The number of tetrazole rings is 1. The summed E-state index contributed by atoms with van der Waals surface area (Å²) in [7, 11) is 0. The number of hydrogen-bond donors (Lipinski definition) is 2. The van der Waals surface area contributed by atoms with E-state index in [1.165, 1.54) is 0 Å². The van der Waals surface area contributed by atoms with Crippen molar-refractivity contribution in [1.82, 2.24) is 35.7 Å². The number of benzene rings is 1. The molecule has 1 aromatic carbocycles. The molecule has 0 aliphatic heterocycles. The maximum Gasteiger partial charge on any atom is 0.272 e. The highest BCUT2D eigenvalue weighted by Gasteiger charge is 2.50. The van der Waals surface area contributed by atoms with Gasteiger partial charge in [0.05, 0.1) is 10.7 Å². The molecule has 0 bridgehead atoms. The lowest BCUT2D eigenvalue weighted by molar-refractivity contribution is 0.0922. The van der Waals surface area contributed by atoms with Crippen molar-refractivity contribution in [3.8, 4) is 5.69 Å². The Hall–Kier alpha value is -2.45. The molecule has 2 N–H and O–H groups in total. The summed E-state index contributed by atoms with van der Waals surface area (Å²) in [5.41, 5.74) is 2.66. The zero-order valence-corrected chi connectivity index (χ0v) is 17.1. The summed E-state index contributed by atoms with van der Waals surface area (Å²) in [6.45, 7) is 0. The van der Waals surface area contributed by atoms with Crippen LogP contribution < -0.4 is 5.32 Å². The van der Waals surface area contributed by atoms with Gasteiger partial charge in [0, 0.05) is 16.3 Å². The van der Waals surface area contributed by atoms with Crippen LogP contribution in [0, 0.1) is 0 Å². The van der Waals surface area contributed by atoms with Crippen LogP contribution in [0.25, 0.3) is 5.69 Å². The molecular weight excluding hydrogens is 413 g/mol. The van der Waals surface area contributed by atoms with E-state index in [1.807, 2.05) is 10.7 Å². The van der Waals surface area contributed by atoms with Gasteiger partial charge >= 0.3 is 0 Å². The van der Waals surface area contributed by atoms with E-state index < -0.39 is 5.54 Å². The Balaban J connectivity index is 1.55. The highest BCUT2D eigenvalue weighted by Crippen LogP contribution is 2.43. The Kier molecular flexibility index (Phi) is 4.55. The van der Waals surface area contributed by atoms with Crippen molar-refractivity contribution in [2.75, 3.05) is 0 Å². The van der Waals surface area contributed by atoms with Crippen LogP contribution in [-0.4, -0.2) is 36.3 Å². The summed E-state index contributed by atoms with van der Waals surface area (Å²) in [6.07, 6.45) is 6.44. The number of H-pyrrole nitrogens is 1. The molecule has 29 heavy (non-hydrogen) atoms. The maximum atomic E-state index is 13.2. The van der Waals surface area contributed by atoms with Gasteiger partial charge < -0.3 is 5.32 Å². The highest BCUT2D eigenvalue weighted by molar-refractivity contribution is 6.35. The Bertz CT molecular complexity index is 1070. The SMILES string of the molecule is O=C(NC1(c2nn[nH]n2)CC1)c1nn(-c2ccc(Cl)cc2Cl)c2c1CCCCC2. The van der Waals surface area contributed by atoms with E-state index >= 15 is 0 Å². The first-order chi connectivity index (χ1) is 14.1. The molecule has 10 heteroatoms. The average molecular weight is 432 g/mol. The van der Waals surface area contributed by atoms with E-state index in [-0.39, 0.29) is 5.91 Å². The predicted octanol–water partition coefficient (Wildman–Crippen LogP) is 3.38. The topological polar surface area (TPSA) is 101 Å². The van der Waals surface area contributed by atoms with Crippen LogP contribution in [-0.2, 0) is 18.4 Å². The fraction of sp³-hybridized carbons (Fsp3) is 0.421. The summed E-state index contributed by atoms with van der Waals surface area (Å²) in [5.74, 6) is 0.298. The van der Waals surface area contributed by atoms with Crippen molar-refractivity contribution in [2.24, 2.45) is 0 Å². The molecule has 0 spiro atoms. The average Bonchev–Trinajstić information content (AvgIpc) is 3.18. The maximum absolute atomic E-state index is 13.2. The molecule has 1 fully saturated rings. The highest BCUT2D eigenvalue weighted by atomic mass is 35.5. The van der Waals surface area contributed by atoms with Crippen molar-refractivity contribution in [3.05, 3.63) is 51.0 Å². The van der Waals surface area contributed by atoms with Gasteiger partial charge in [0.2, 0.25) is 0 Å². The van der Waals surface area contributed by atoms with Gasteiger partial charge in [-0.05, 0) is 56.7 Å². The third-order valence-corrected chi connectivity index (χ3v) is 6.20. The summed E-state index contributed by atoms with van der Waals surface area (Å²) >= 11 is 12.5.